The Kier molecular flexibility index (Phi) is 4.57. The molecule has 5 nitrogen and oxygen atoms in total. The molecule has 2 rings (SSSR count). The Hall–Kier alpha value is -2.08. The summed E-state index contributed by atoms with van der Waals surface area (Å²) in [5, 5.41) is 10.4. The number of hydrogen-bond donors (Lipinski definition) is 2. The first-order chi connectivity index (χ1) is 9.60. The minimum atomic E-state index is 0.00745. The molecule has 0 fully saturated rings. The van der Waals surface area contributed by atoms with E-state index in [9.17, 15) is 0 Å². The van der Waals surface area contributed by atoms with Gasteiger partial charge in [0.2, 0.25) is 0 Å². The first-order valence-electron chi connectivity index (χ1n) is 6.25. The maximum atomic E-state index is 7.45. The molecule has 0 saturated carbocycles. The minimum absolute atomic E-state index is 0.00745. The molecule has 0 atom stereocenters. The Bertz CT molecular complexity index is 610. The molecule has 106 valence electrons. The third kappa shape index (κ3) is 3.48. The highest BCUT2D eigenvalue weighted by Crippen LogP contribution is 2.29. The van der Waals surface area contributed by atoms with Gasteiger partial charge in [0.15, 0.2) is 11.5 Å². The monoisotopic (exact) mass is 291 g/mol. The topological polar surface area (TPSA) is 81.2 Å². The Morgan fingerprint density at radius 3 is 2.75 bits per heavy atom. The van der Waals surface area contributed by atoms with E-state index in [1.807, 2.05) is 19.2 Å². The predicted octanol–water partition coefficient (Wildman–Crippen LogP) is 2.71. The number of aryl methyl sites for hydroxylation is 1. The SMILES string of the molecule is CCOc1cc(C(=N)N)ccc1OCc1nc(C)cs1. The van der Waals surface area contributed by atoms with E-state index in [4.69, 9.17) is 20.6 Å². The second kappa shape index (κ2) is 6.38. The summed E-state index contributed by atoms with van der Waals surface area (Å²) in [6.45, 7) is 4.77. The largest absolute Gasteiger partial charge is 0.490 e. The zero-order valence-corrected chi connectivity index (χ0v) is 12.3. The molecule has 6 heteroatoms. The van der Waals surface area contributed by atoms with Crippen molar-refractivity contribution in [3.63, 3.8) is 0 Å². The minimum Gasteiger partial charge on any atom is -0.490 e. The number of thiazole rings is 1. The van der Waals surface area contributed by atoms with Gasteiger partial charge in [-0.1, -0.05) is 0 Å². The first-order valence-corrected chi connectivity index (χ1v) is 7.13. The van der Waals surface area contributed by atoms with Crippen LogP contribution in [0, 0.1) is 12.3 Å². The number of amidine groups is 1. The van der Waals surface area contributed by atoms with E-state index in [1.165, 1.54) is 0 Å². The van der Waals surface area contributed by atoms with Gasteiger partial charge in [-0.15, -0.1) is 11.3 Å². The van der Waals surface area contributed by atoms with Gasteiger partial charge in [0.25, 0.3) is 0 Å². The van der Waals surface area contributed by atoms with Gasteiger partial charge in [-0.25, -0.2) is 4.98 Å². The zero-order valence-electron chi connectivity index (χ0n) is 11.5. The number of nitrogen functional groups attached to an aromatic ring is 1. The number of benzene rings is 1. The summed E-state index contributed by atoms with van der Waals surface area (Å²) in [6, 6.07) is 5.23. The molecule has 0 amide bonds. The maximum absolute atomic E-state index is 7.45. The van der Waals surface area contributed by atoms with E-state index in [2.05, 4.69) is 4.98 Å². The van der Waals surface area contributed by atoms with Crippen LogP contribution in [0.25, 0.3) is 0 Å². The van der Waals surface area contributed by atoms with Crippen molar-refractivity contribution in [2.45, 2.75) is 20.5 Å². The molecule has 1 aromatic heterocycles. The average molecular weight is 291 g/mol. The van der Waals surface area contributed by atoms with Crippen LogP contribution >= 0.6 is 11.3 Å². The summed E-state index contributed by atoms with van der Waals surface area (Å²) < 4.78 is 11.3. The second-order valence-corrected chi connectivity index (χ2v) is 5.12. The van der Waals surface area contributed by atoms with E-state index < -0.39 is 0 Å². The summed E-state index contributed by atoms with van der Waals surface area (Å²) in [5.74, 6) is 1.23. The fourth-order valence-corrected chi connectivity index (χ4v) is 2.35. The lowest BCUT2D eigenvalue weighted by Gasteiger charge is -2.12. The van der Waals surface area contributed by atoms with Gasteiger partial charge in [0.1, 0.15) is 17.5 Å². The molecular formula is C14H17N3O2S. The van der Waals surface area contributed by atoms with E-state index >= 15 is 0 Å². The summed E-state index contributed by atoms with van der Waals surface area (Å²) in [7, 11) is 0. The van der Waals surface area contributed by atoms with Crippen molar-refractivity contribution in [3.8, 4) is 11.5 Å². The number of rotatable bonds is 6. The van der Waals surface area contributed by atoms with Gasteiger partial charge < -0.3 is 15.2 Å². The third-order valence-electron chi connectivity index (χ3n) is 2.57. The van der Waals surface area contributed by atoms with Crippen molar-refractivity contribution in [2.24, 2.45) is 5.73 Å². The van der Waals surface area contributed by atoms with Gasteiger partial charge in [0, 0.05) is 16.6 Å². The lowest BCUT2D eigenvalue weighted by molar-refractivity contribution is 0.269. The van der Waals surface area contributed by atoms with Gasteiger partial charge in [-0.3, -0.25) is 5.41 Å². The fraction of sp³-hybridized carbons (Fsp3) is 0.286. The number of nitrogens with zero attached hydrogens (tertiary/aromatic N) is 1. The van der Waals surface area contributed by atoms with Crippen LogP contribution in [0.2, 0.25) is 0 Å². The number of aromatic nitrogens is 1. The molecule has 1 heterocycles. The summed E-state index contributed by atoms with van der Waals surface area (Å²) in [4.78, 5) is 4.35. The van der Waals surface area contributed by atoms with E-state index in [0.29, 0.717) is 30.3 Å². The second-order valence-electron chi connectivity index (χ2n) is 4.18. The van der Waals surface area contributed by atoms with Crippen LogP contribution in [0.4, 0.5) is 0 Å². The Morgan fingerprint density at radius 2 is 2.15 bits per heavy atom. The van der Waals surface area contributed by atoms with Crippen molar-refractivity contribution in [3.05, 3.63) is 39.8 Å². The van der Waals surface area contributed by atoms with E-state index in [-0.39, 0.29) is 5.84 Å². The van der Waals surface area contributed by atoms with E-state index in [0.717, 1.165) is 10.7 Å². The van der Waals surface area contributed by atoms with Crippen LogP contribution in [0.1, 0.15) is 23.2 Å². The number of nitrogens with one attached hydrogen (secondary N) is 1. The van der Waals surface area contributed by atoms with Crippen LogP contribution in [-0.2, 0) is 6.61 Å². The molecule has 20 heavy (non-hydrogen) atoms. The van der Waals surface area contributed by atoms with Gasteiger partial charge in [-0.05, 0) is 32.0 Å². The Morgan fingerprint density at radius 1 is 1.35 bits per heavy atom. The predicted molar refractivity (Wildman–Crippen MR) is 79.8 cm³/mol. The molecule has 0 aliphatic carbocycles. The molecule has 0 aliphatic heterocycles. The highest BCUT2D eigenvalue weighted by Gasteiger charge is 2.09. The maximum Gasteiger partial charge on any atom is 0.161 e. The number of nitrogens with two attached hydrogens (primary N) is 1. The molecule has 1 aromatic carbocycles. The molecule has 0 aliphatic rings. The fourth-order valence-electron chi connectivity index (χ4n) is 1.67. The first kappa shape index (κ1) is 14.3. The van der Waals surface area contributed by atoms with Crippen molar-refractivity contribution in [2.75, 3.05) is 6.61 Å². The Balaban J connectivity index is 2.15. The molecule has 0 saturated heterocycles. The molecule has 0 radical (unpaired) electrons. The van der Waals surface area contributed by atoms with Crippen LogP contribution in [0.15, 0.2) is 23.6 Å². The molecule has 0 unspecified atom stereocenters. The van der Waals surface area contributed by atoms with Gasteiger partial charge >= 0.3 is 0 Å². The lowest BCUT2D eigenvalue weighted by Crippen LogP contribution is -2.11. The summed E-state index contributed by atoms with van der Waals surface area (Å²) in [6.07, 6.45) is 0. The van der Waals surface area contributed by atoms with Crippen molar-refractivity contribution in [1.82, 2.24) is 4.98 Å². The Labute approximate surface area is 121 Å². The summed E-state index contributed by atoms with van der Waals surface area (Å²) >= 11 is 1.57. The van der Waals surface area contributed by atoms with Crippen LogP contribution in [0.3, 0.4) is 0 Å². The van der Waals surface area contributed by atoms with Crippen LogP contribution in [-0.4, -0.2) is 17.4 Å². The van der Waals surface area contributed by atoms with Crippen LogP contribution in [0.5, 0.6) is 11.5 Å². The van der Waals surface area contributed by atoms with Gasteiger partial charge in [-0.2, -0.15) is 0 Å². The number of hydrogen-bond acceptors (Lipinski definition) is 5. The highest BCUT2D eigenvalue weighted by molar-refractivity contribution is 7.09. The average Bonchev–Trinajstić information content (AvgIpc) is 2.83. The normalized spacial score (nSPS) is 10.3. The van der Waals surface area contributed by atoms with Crippen molar-refractivity contribution < 1.29 is 9.47 Å². The molecule has 3 N–H and O–H groups in total. The number of ether oxygens (including phenoxy) is 2. The van der Waals surface area contributed by atoms with Crippen LogP contribution < -0.4 is 15.2 Å². The smallest absolute Gasteiger partial charge is 0.161 e. The zero-order chi connectivity index (χ0) is 14.5. The molecular weight excluding hydrogens is 274 g/mol. The third-order valence-corrected chi connectivity index (χ3v) is 3.51. The molecule has 2 aromatic rings. The molecule has 0 spiro atoms. The van der Waals surface area contributed by atoms with Crippen molar-refractivity contribution >= 4 is 17.2 Å². The standard InChI is InChI=1S/C14H17N3O2S/c1-3-18-12-6-10(14(15)16)4-5-11(12)19-7-13-17-9(2)8-20-13/h4-6,8H,3,7H2,1-2H3,(H3,15,16). The van der Waals surface area contributed by atoms with E-state index in [1.54, 1.807) is 29.5 Å². The quantitative estimate of drug-likeness (QED) is 0.633. The lowest BCUT2D eigenvalue weighted by atomic mass is 10.2. The summed E-state index contributed by atoms with van der Waals surface area (Å²) in [5.41, 5.74) is 7.08. The van der Waals surface area contributed by atoms with Crippen molar-refractivity contribution in [1.29, 1.82) is 5.41 Å². The van der Waals surface area contributed by atoms with Gasteiger partial charge in [0.05, 0.1) is 6.61 Å². The highest BCUT2D eigenvalue weighted by atomic mass is 32.1. The molecule has 0 bridgehead atoms.